The minimum absolute atomic E-state index is 0.110. The maximum atomic E-state index is 11.8. The van der Waals surface area contributed by atoms with Gasteiger partial charge in [0.15, 0.2) is 0 Å². The number of aromatic hydroxyl groups is 1. The van der Waals surface area contributed by atoms with Crippen LogP contribution >= 0.6 is 43.2 Å². The maximum absolute atomic E-state index is 11.8. The van der Waals surface area contributed by atoms with Crippen LogP contribution in [-0.4, -0.2) is 17.2 Å². The van der Waals surface area contributed by atoms with Crippen molar-refractivity contribution in [2.24, 2.45) is 10.7 Å². The number of phenolic OH excluding ortho intramolecular Hbond substituents is 1. The first-order valence-corrected chi connectivity index (χ1v) is 9.54. The molecule has 1 heterocycles. The zero-order valence-electron chi connectivity index (χ0n) is 12.1. The third-order valence-corrected chi connectivity index (χ3v) is 6.04. The lowest BCUT2D eigenvalue weighted by Gasteiger charge is -2.10. The van der Waals surface area contributed by atoms with E-state index in [0.717, 1.165) is 35.7 Å². The maximum Gasteiger partial charge on any atom is 0.252 e. The highest BCUT2D eigenvalue weighted by Crippen LogP contribution is 2.40. The second kappa shape index (κ2) is 6.75. The van der Waals surface area contributed by atoms with Gasteiger partial charge in [-0.05, 0) is 59.3 Å². The molecule has 0 unspecified atom stereocenters. The molecule has 1 aliphatic rings. The molecule has 2 aromatic rings. The van der Waals surface area contributed by atoms with Gasteiger partial charge in [0, 0.05) is 21.1 Å². The second-order valence-electron chi connectivity index (χ2n) is 5.34. The van der Waals surface area contributed by atoms with E-state index in [1.165, 1.54) is 16.2 Å². The smallest absolute Gasteiger partial charge is 0.252 e. The third kappa shape index (κ3) is 3.36. The standard InChI is InChI=1S/C16H14Br2N2O2S/c17-9-5-8(14(21)11(18)6-9)7-20-16-13(15(19)22)10-3-1-2-4-12(10)23-16/h5-7,21H,1-4H2,(H2,19,22). The van der Waals surface area contributed by atoms with Gasteiger partial charge in [-0.3, -0.25) is 4.79 Å². The van der Waals surface area contributed by atoms with Crippen LogP contribution in [0.3, 0.4) is 0 Å². The largest absolute Gasteiger partial charge is 0.506 e. The molecule has 1 aromatic carbocycles. The normalized spacial score (nSPS) is 14.2. The molecule has 1 amide bonds. The summed E-state index contributed by atoms with van der Waals surface area (Å²) in [6.45, 7) is 0. The van der Waals surface area contributed by atoms with E-state index in [4.69, 9.17) is 5.73 Å². The van der Waals surface area contributed by atoms with Crippen molar-refractivity contribution in [2.45, 2.75) is 25.7 Å². The molecule has 0 radical (unpaired) electrons. The molecule has 1 aliphatic carbocycles. The van der Waals surface area contributed by atoms with Crippen molar-refractivity contribution in [2.75, 3.05) is 0 Å². The summed E-state index contributed by atoms with van der Waals surface area (Å²) in [7, 11) is 0. The van der Waals surface area contributed by atoms with Crippen molar-refractivity contribution in [3.63, 3.8) is 0 Å². The first-order valence-electron chi connectivity index (χ1n) is 7.13. The number of benzene rings is 1. The number of hydrogen-bond acceptors (Lipinski definition) is 4. The highest BCUT2D eigenvalue weighted by atomic mass is 79.9. The first kappa shape index (κ1) is 16.7. The predicted molar refractivity (Wildman–Crippen MR) is 100 cm³/mol. The molecule has 3 N–H and O–H groups in total. The van der Waals surface area contributed by atoms with Gasteiger partial charge >= 0.3 is 0 Å². The summed E-state index contributed by atoms with van der Waals surface area (Å²) < 4.78 is 1.40. The molecule has 0 spiro atoms. The highest BCUT2D eigenvalue weighted by molar-refractivity contribution is 9.11. The molecular weight excluding hydrogens is 444 g/mol. The molecule has 120 valence electrons. The third-order valence-electron chi connectivity index (χ3n) is 3.78. The topological polar surface area (TPSA) is 75.7 Å². The fraction of sp³-hybridized carbons (Fsp3) is 0.250. The van der Waals surface area contributed by atoms with Gasteiger partial charge in [-0.25, -0.2) is 4.99 Å². The number of nitrogens with two attached hydrogens (primary N) is 1. The van der Waals surface area contributed by atoms with Crippen LogP contribution in [0, 0.1) is 0 Å². The average Bonchev–Trinajstić information content (AvgIpc) is 2.87. The summed E-state index contributed by atoms with van der Waals surface area (Å²) in [6, 6.07) is 3.52. The lowest BCUT2D eigenvalue weighted by atomic mass is 9.95. The summed E-state index contributed by atoms with van der Waals surface area (Å²) in [5, 5.41) is 10.7. The van der Waals surface area contributed by atoms with Gasteiger partial charge in [0.25, 0.3) is 5.91 Å². The zero-order chi connectivity index (χ0) is 16.6. The van der Waals surface area contributed by atoms with Crippen molar-refractivity contribution in [1.82, 2.24) is 0 Å². The number of halogens is 2. The van der Waals surface area contributed by atoms with Crippen LogP contribution in [0.4, 0.5) is 5.00 Å². The van der Waals surface area contributed by atoms with E-state index in [-0.39, 0.29) is 5.75 Å². The molecule has 0 bridgehead atoms. The molecule has 0 saturated heterocycles. The van der Waals surface area contributed by atoms with E-state index in [1.54, 1.807) is 18.3 Å². The number of rotatable bonds is 3. The van der Waals surface area contributed by atoms with Crippen molar-refractivity contribution in [3.8, 4) is 5.75 Å². The highest BCUT2D eigenvalue weighted by Gasteiger charge is 2.23. The van der Waals surface area contributed by atoms with E-state index in [9.17, 15) is 9.90 Å². The molecule has 0 fully saturated rings. The predicted octanol–water partition coefficient (Wildman–Crippen LogP) is 4.71. The van der Waals surface area contributed by atoms with Crippen molar-refractivity contribution in [1.29, 1.82) is 0 Å². The van der Waals surface area contributed by atoms with Crippen LogP contribution in [0.1, 0.15) is 39.2 Å². The Hall–Kier alpha value is -1.18. The SMILES string of the molecule is NC(=O)c1c(N=Cc2cc(Br)cc(Br)c2O)sc2c1CCCC2. The number of nitrogens with zero attached hydrogens (tertiary/aromatic N) is 1. The monoisotopic (exact) mass is 456 g/mol. The average molecular weight is 458 g/mol. The Kier molecular flexibility index (Phi) is 4.89. The lowest BCUT2D eigenvalue weighted by Crippen LogP contribution is -2.14. The molecule has 4 nitrogen and oxygen atoms in total. The van der Waals surface area contributed by atoms with E-state index in [0.29, 0.717) is 20.6 Å². The van der Waals surface area contributed by atoms with E-state index in [1.807, 2.05) is 0 Å². The summed E-state index contributed by atoms with van der Waals surface area (Å²) in [5.74, 6) is -0.324. The summed E-state index contributed by atoms with van der Waals surface area (Å²) in [5.41, 5.74) is 7.72. The Morgan fingerprint density at radius 1 is 1.30 bits per heavy atom. The Morgan fingerprint density at radius 2 is 2.04 bits per heavy atom. The first-order chi connectivity index (χ1) is 11.0. The summed E-state index contributed by atoms with van der Waals surface area (Å²) in [4.78, 5) is 17.5. The number of aryl methyl sites for hydroxylation is 1. The number of aliphatic imine (C=N–C) groups is 1. The second-order valence-corrected chi connectivity index (χ2v) is 8.19. The van der Waals surface area contributed by atoms with E-state index >= 15 is 0 Å². The number of thiophene rings is 1. The van der Waals surface area contributed by atoms with Gasteiger partial charge in [0.2, 0.25) is 0 Å². The van der Waals surface area contributed by atoms with Crippen LogP contribution in [0.2, 0.25) is 0 Å². The number of amides is 1. The molecule has 1 aromatic heterocycles. The quantitative estimate of drug-likeness (QED) is 0.655. The Labute approximate surface area is 154 Å². The van der Waals surface area contributed by atoms with Crippen LogP contribution in [0.5, 0.6) is 5.75 Å². The molecule has 0 aliphatic heterocycles. The number of fused-ring (bicyclic) bond motifs is 1. The zero-order valence-corrected chi connectivity index (χ0v) is 16.1. The molecule has 0 saturated carbocycles. The number of carbonyl (C=O) groups excluding carboxylic acids is 1. The minimum Gasteiger partial charge on any atom is -0.506 e. The molecule has 7 heteroatoms. The summed E-state index contributed by atoms with van der Waals surface area (Å²) in [6.07, 6.45) is 5.63. The van der Waals surface area contributed by atoms with Gasteiger partial charge in [-0.1, -0.05) is 15.9 Å². The Bertz CT molecular complexity index is 815. The van der Waals surface area contributed by atoms with Gasteiger partial charge in [0.1, 0.15) is 10.8 Å². The number of primary amides is 1. The van der Waals surface area contributed by atoms with Crippen LogP contribution in [0.15, 0.2) is 26.1 Å². The molecule has 23 heavy (non-hydrogen) atoms. The van der Waals surface area contributed by atoms with E-state index < -0.39 is 5.91 Å². The van der Waals surface area contributed by atoms with Crippen molar-refractivity contribution < 1.29 is 9.90 Å². The fourth-order valence-corrected chi connectivity index (χ4v) is 5.21. The molecule has 3 rings (SSSR count). The van der Waals surface area contributed by atoms with Gasteiger partial charge in [-0.15, -0.1) is 11.3 Å². The van der Waals surface area contributed by atoms with Crippen LogP contribution in [-0.2, 0) is 12.8 Å². The Morgan fingerprint density at radius 3 is 2.78 bits per heavy atom. The van der Waals surface area contributed by atoms with Crippen LogP contribution < -0.4 is 5.73 Å². The minimum atomic E-state index is -0.434. The van der Waals surface area contributed by atoms with Crippen molar-refractivity contribution >= 4 is 60.3 Å². The van der Waals surface area contributed by atoms with E-state index in [2.05, 4.69) is 36.9 Å². The van der Waals surface area contributed by atoms with Crippen LogP contribution in [0.25, 0.3) is 0 Å². The number of hydrogen-bond donors (Lipinski definition) is 2. The molecule has 0 atom stereocenters. The Balaban J connectivity index is 2.03. The lowest BCUT2D eigenvalue weighted by molar-refractivity contribution is 0.100. The fourth-order valence-electron chi connectivity index (χ4n) is 2.71. The molecular formula is C16H14Br2N2O2S. The van der Waals surface area contributed by atoms with Crippen molar-refractivity contribution in [3.05, 3.63) is 42.6 Å². The van der Waals surface area contributed by atoms with Gasteiger partial charge < -0.3 is 10.8 Å². The number of phenols is 1. The number of carbonyl (C=O) groups is 1. The van der Waals surface area contributed by atoms with Gasteiger partial charge in [-0.2, -0.15) is 0 Å². The summed E-state index contributed by atoms with van der Waals surface area (Å²) >= 11 is 8.20. The van der Waals surface area contributed by atoms with Gasteiger partial charge in [0.05, 0.1) is 10.0 Å².